The number of amides is 1. The number of carbonyl (C=O) groups excluding carboxylic acids is 2. The zero-order valence-corrected chi connectivity index (χ0v) is 9.90. The molecule has 0 saturated carbocycles. The van der Waals surface area contributed by atoms with Gasteiger partial charge in [-0.1, -0.05) is 19.1 Å². The number of rotatable bonds is 1. The molecule has 16 heavy (non-hydrogen) atoms. The van der Waals surface area contributed by atoms with Gasteiger partial charge in [0, 0.05) is 17.9 Å². The fraction of sp³-hybridized carbons (Fsp3) is 0.667. The van der Waals surface area contributed by atoms with E-state index >= 15 is 0 Å². The summed E-state index contributed by atoms with van der Waals surface area (Å²) in [6.45, 7) is 4.31. The molecule has 2 bridgehead atoms. The second kappa shape index (κ2) is 3.61. The van der Waals surface area contributed by atoms with Crippen LogP contribution in [0, 0.1) is 11.3 Å². The highest BCUT2D eigenvalue weighted by Crippen LogP contribution is 2.43. The fourth-order valence-corrected chi connectivity index (χ4v) is 2.78. The lowest BCUT2D eigenvalue weighted by atomic mass is 9.67. The molecule has 0 aromatic heterocycles. The third-order valence-corrected chi connectivity index (χ3v) is 3.62. The van der Waals surface area contributed by atoms with E-state index in [0.717, 1.165) is 6.42 Å². The summed E-state index contributed by atoms with van der Waals surface area (Å²) in [6.07, 6.45) is 4.58. The Balaban J connectivity index is 2.31. The highest BCUT2D eigenvalue weighted by molar-refractivity contribution is 5.81. The second-order valence-corrected chi connectivity index (χ2v) is 5.02. The van der Waals surface area contributed by atoms with Crippen molar-refractivity contribution >= 4 is 11.9 Å². The molecule has 0 N–H and O–H groups in total. The Labute approximate surface area is 95.2 Å². The summed E-state index contributed by atoms with van der Waals surface area (Å²) in [4.78, 5) is 24.9. The van der Waals surface area contributed by atoms with Gasteiger partial charge in [-0.15, -0.1) is 0 Å². The Morgan fingerprint density at radius 3 is 2.69 bits per heavy atom. The summed E-state index contributed by atoms with van der Waals surface area (Å²) in [6, 6.07) is -0.119. The summed E-state index contributed by atoms with van der Waals surface area (Å²) in [5, 5.41) is 0. The smallest absolute Gasteiger partial charge is 0.410 e. The van der Waals surface area contributed by atoms with Crippen molar-refractivity contribution in [2.75, 3.05) is 13.7 Å². The van der Waals surface area contributed by atoms with Crippen LogP contribution < -0.4 is 0 Å². The highest BCUT2D eigenvalue weighted by Gasteiger charge is 2.47. The third-order valence-electron chi connectivity index (χ3n) is 3.62. The van der Waals surface area contributed by atoms with Gasteiger partial charge in [0.25, 0.3) is 0 Å². The summed E-state index contributed by atoms with van der Waals surface area (Å²) in [5.74, 6) is 0.0667. The van der Waals surface area contributed by atoms with Crippen LogP contribution in [0.25, 0.3) is 0 Å². The van der Waals surface area contributed by atoms with Crippen molar-refractivity contribution in [1.82, 2.24) is 4.90 Å². The van der Waals surface area contributed by atoms with E-state index in [2.05, 4.69) is 13.0 Å². The third kappa shape index (κ3) is 1.62. The molecule has 88 valence electrons. The lowest BCUT2D eigenvalue weighted by Gasteiger charge is -2.50. The number of ketones is 1. The topological polar surface area (TPSA) is 46.6 Å². The molecule has 0 radical (unpaired) electrons. The number of fused-ring (bicyclic) bond motifs is 2. The van der Waals surface area contributed by atoms with E-state index in [1.54, 1.807) is 11.8 Å². The van der Waals surface area contributed by atoms with Crippen molar-refractivity contribution < 1.29 is 14.3 Å². The molecular weight excluding hydrogens is 206 g/mol. The number of ether oxygens (including phenoxy) is 1. The van der Waals surface area contributed by atoms with Crippen molar-refractivity contribution in [1.29, 1.82) is 0 Å². The molecule has 1 fully saturated rings. The van der Waals surface area contributed by atoms with E-state index in [1.165, 1.54) is 7.11 Å². The van der Waals surface area contributed by atoms with Gasteiger partial charge in [-0.3, -0.25) is 4.79 Å². The van der Waals surface area contributed by atoms with Gasteiger partial charge in [0.1, 0.15) is 5.78 Å². The number of piperidine rings is 1. The maximum atomic E-state index is 11.6. The van der Waals surface area contributed by atoms with E-state index in [0.29, 0.717) is 6.54 Å². The molecular formula is C12H17NO3. The average molecular weight is 223 g/mol. The first kappa shape index (κ1) is 11.2. The molecule has 3 rings (SSSR count). The van der Waals surface area contributed by atoms with Crippen LogP contribution in [0.2, 0.25) is 0 Å². The minimum atomic E-state index is -0.341. The molecule has 0 aromatic rings. The van der Waals surface area contributed by atoms with E-state index < -0.39 is 0 Å². The van der Waals surface area contributed by atoms with Gasteiger partial charge in [0.05, 0.1) is 13.2 Å². The van der Waals surface area contributed by atoms with Crippen LogP contribution in [0.4, 0.5) is 4.79 Å². The van der Waals surface area contributed by atoms with Gasteiger partial charge in [0.15, 0.2) is 0 Å². The van der Waals surface area contributed by atoms with Crippen LogP contribution in [0.5, 0.6) is 0 Å². The summed E-state index contributed by atoms with van der Waals surface area (Å²) < 4.78 is 4.76. The summed E-state index contributed by atoms with van der Waals surface area (Å²) in [5.41, 5.74) is -0.0841. The molecule has 0 spiro atoms. The Morgan fingerprint density at radius 2 is 2.19 bits per heavy atom. The Bertz CT molecular complexity index is 363. The van der Waals surface area contributed by atoms with Gasteiger partial charge in [-0.25, -0.2) is 4.79 Å². The number of hydrogen-bond donors (Lipinski definition) is 0. The van der Waals surface area contributed by atoms with Gasteiger partial charge in [-0.05, 0) is 13.3 Å². The van der Waals surface area contributed by atoms with Gasteiger partial charge in [0.2, 0.25) is 0 Å². The number of carbonyl (C=O) groups is 2. The van der Waals surface area contributed by atoms with Crippen LogP contribution in [0.3, 0.4) is 0 Å². The number of nitrogens with zero attached hydrogens (tertiary/aromatic N) is 1. The van der Waals surface area contributed by atoms with Crippen molar-refractivity contribution in [2.24, 2.45) is 11.3 Å². The molecule has 1 aliphatic carbocycles. The van der Waals surface area contributed by atoms with Crippen LogP contribution in [0.15, 0.2) is 12.2 Å². The summed E-state index contributed by atoms with van der Waals surface area (Å²) in [7, 11) is 1.37. The van der Waals surface area contributed by atoms with E-state index in [-0.39, 0.29) is 29.3 Å². The van der Waals surface area contributed by atoms with Gasteiger partial charge < -0.3 is 9.64 Å². The molecule has 2 heterocycles. The van der Waals surface area contributed by atoms with Crippen molar-refractivity contribution in [3.05, 3.63) is 12.2 Å². The number of Topliss-reactive ketones (excluding diaryl/α,β-unsaturated/α-hetero) is 1. The van der Waals surface area contributed by atoms with Crippen LogP contribution in [-0.2, 0) is 9.53 Å². The van der Waals surface area contributed by atoms with Crippen LogP contribution in [-0.4, -0.2) is 36.5 Å². The first-order valence-electron chi connectivity index (χ1n) is 5.51. The zero-order valence-electron chi connectivity index (χ0n) is 9.90. The fourth-order valence-electron chi connectivity index (χ4n) is 2.78. The largest absolute Gasteiger partial charge is 0.453 e. The lowest BCUT2D eigenvalue weighted by molar-refractivity contribution is -0.125. The van der Waals surface area contributed by atoms with Gasteiger partial charge >= 0.3 is 6.09 Å². The Morgan fingerprint density at radius 1 is 1.50 bits per heavy atom. The highest BCUT2D eigenvalue weighted by atomic mass is 16.5. The standard InChI is InChI=1S/C12H17NO3/c1-8(14)9-6-12(2)5-4-10(9)13(7-12)11(15)16-3/h4-5,9-10H,6-7H2,1-3H3. The van der Waals surface area contributed by atoms with Gasteiger partial charge in [-0.2, -0.15) is 0 Å². The Hall–Kier alpha value is -1.32. The SMILES string of the molecule is COC(=O)N1CC2(C)C=CC1C(C(C)=O)C2. The maximum Gasteiger partial charge on any atom is 0.410 e. The zero-order chi connectivity index (χ0) is 11.9. The molecule has 0 aromatic carbocycles. The van der Waals surface area contributed by atoms with Crippen molar-refractivity contribution in [2.45, 2.75) is 26.3 Å². The molecule has 4 heteroatoms. The molecule has 1 saturated heterocycles. The monoisotopic (exact) mass is 223 g/mol. The van der Waals surface area contributed by atoms with E-state index in [9.17, 15) is 9.59 Å². The molecule has 3 unspecified atom stereocenters. The molecule has 1 amide bonds. The minimum Gasteiger partial charge on any atom is -0.453 e. The first-order chi connectivity index (χ1) is 7.47. The summed E-state index contributed by atoms with van der Waals surface area (Å²) >= 11 is 0. The Kier molecular flexibility index (Phi) is 2.52. The second-order valence-electron chi connectivity index (χ2n) is 5.02. The molecule has 3 aliphatic rings. The number of hydrogen-bond acceptors (Lipinski definition) is 3. The predicted octanol–water partition coefficient (Wildman–Crippen LogP) is 1.61. The molecule has 2 aliphatic heterocycles. The average Bonchev–Trinajstić information content (AvgIpc) is 2.26. The quantitative estimate of drug-likeness (QED) is 0.634. The maximum absolute atomic E-state index is 11.6. The minimum absolute atomic E-state index is 0.0807. The number of methoxy groups -OCH3 is 1. The molecule has 4 nitrogen and oxygen atoms in total. The van der Waals surface area contributed by atoms with Crippen molar-refractivity contribution in [3.8, 4) is 0 Å². The normalized spacial score (nSPS) is 36.3. The van der Waals surface area contributed by atoms with Crippen LogP contribution in [0.1, 0.15) is 20.3 Å². The predicted molar refractivity (Wildman–Crippen MR) is 58.9 cm³/mol. The molecule has 3 atom stereocenters. The van der Waals surface area contributed by atoms with Crippen molar-refractivity contribution in [3.63, 3.8) is 0 Å². The van der Waals surface area contributed by atoms with E-state index in [1.807, 2.05) is 6.08 Å². The first-order valence-corrected chi connectivity index (χ1v) is 5.51. The van der Waals surface area contributed by atoms with Crippen LogP contribution >= 0.6 is 0 Å². The lowest BCUT2D eigenvalue weighted by Crippen LogP contribution is -2.58. The van der Waals surface area contributed by atoms with E-state index in [4.69, 9.17) is 4.74 Å².